The fourth-order valence-electron chi connectivity index (χ4n) is 3.28. The lowest BCUT2D eigenvalue weighted by molar-refractivity contribution is -0.142. The van der Waals surface area contributed by atoms with Crippen LogP contribution < -0.4 is 0 Å². The molecule has 0 aromatic rings. The number of carbonyl (C=O) groups excluding carboxylic acids is 2. The van der Waals surface area contributed by atoms with Crippen LogP contribution in [-0.2, 0) is 14.3 Å². The molecular formula is C18H33N3O3. The summed E-state index contributed by atoms with van der Waals surface area (Å²) in [6, 6.07) is 0. The molecule has 6 heteroatoms. The second-order valence-electron chi connectivity index (χ2n) is 7.12. The first-order valence-corrected chi connectivity index (χ1v) is 9.46. The van der Waals surface area contributed by atoms with Crippen LogP contribution >= 0.6 is 0 Å². The van der Waals surface area contributed by atoms with E-state index >= 15 is 0 Å². The molecule has 2 rings (SSSR count). The Balaban J connectivity index is 1.70. The van der Waals surface area contributed by atoms with E-state index in [4.69, 9.17) is 4.74 Å². The predicted molar refractivity (Wildman–Crippen MR) is 93.8 cm³/mol. The zero-order valence-corrected chi connectivity index (χ0v) is 15.3. The standard InChI is InChI=1S/C18H33N3O3/c1-16(2)24-14-13-19-9-11-20(12-10-19)18(23)15-21-8-6-4-3-5-7-17(21)22/h16H,3-15H2,1-2H3. The first-order valence-electron chi connectivity index (χ1n) is 9.46. The van der Waals surface area contributed by atoms with Gasteiger partial charge >= 0.3 is 0 Å². The van der Waals surface area contributed by atoms with Crippen LogP contribution in [0, 0.1) is 0 Å². The van der Waals surface area contributed by atoms with Gasteiger partial charge in [-0.2, -0.15) is 0 Å². The molecule has 6 nitrogen and oxygen atoms in total. The molecule has 0 unspecified atom stereocenters. The van der Waals surface area contributed by atoms with Crippen molar-refractivity contribution in [1.29, 1.82) is 0 Å². The Bertz CT molecular complexity index is 406. The Morgan fingerprint density at radius 1 is 1.04 bits per heavy atom. The van der Waals surface area contributed by atoms with Gasteiger partial charge in [-0.1, -0.05) is 12.8 Å². The number of likely N-dealkylation sites (tertiary alicyclic amines) is 1. The van der Waals surface area contributed by atoms with E-state index in [1.807, 2.05) is 18.7 Å². The van der Waals surface area contributed by atoms with Crippen LogP contribution in [0.1, 0.15) is 46.0 Å². The second-order valence-corrected chi connectivity index (χ2v) is 7.12. The van der Waals surface area contributed by atoms with Crippen molar-refractivity contribution in [3.63, 3.8) is 0 Å². The van der Waals surface area contributed by atoms with Gasteiger partial charge in [0.25, 0.3) is 0 Å². The lowest BCUT2D eigenvalue weighted by Crippen LogP contribution is -2.52. The van der Waals surface area contributed by atoms with E-state index in [9.17, 15) is 9.59 Å². The van der Waals surface area contributed by atoms with Crippen molar-refractivity contribution in [1.82, 2.24) is 14.7 Å². The van der Waals surface area contributed by atoms with E-state index in [0.717, 1.165) is 71.6 Å². The van der Waals surface area contributed by atoms with Crippen molar-refractivity contribution in [2.45, 2.75) is 52.1 Å². The summed E-state index contributed by atoms with van der Waals surface area (Å²) in [5.74, 6) is 0.245. The largest absolute Gasteiger partial charge is 0.377 e. The zero-order valence-electron chi connectivity index (χ0n) is 15.3. The van der Waals surface area contributed by atoms with Gasteiger partial charge in [-0.3, -0.25) is 14.5 Å². The first kappa shape index (κ1) is 19.2. The predicted octanol–water partition coefficient (Wildman–Crippen LogP) is 1.35. The molecule has 0 bridgehead atoms. The van der Waals surface area contributed by atoms with Crippen LogP contribution in [0.2, 0.25) is 0 Å². The van der Waals surface area contributed by atoms with Gasteiger partial charge in [-0.25, -0.2) is 0 Å². The summed E-state index contributed by atoms with van der Waals surface area (Å²) < 4.78 is 5.59. The van der Waals surface area contributed by atoms with Crippen molar-refractivity contribution >= 4 is 11.8 Å². The highest BCUT2D eigenvalue weighted by Gasteiger charge is 2.24. The van der Waals surface area contributed by atoms with Crippen molar-refractivity contribution in [3.05, 3.63) is 0 Å². The summed E-state index contributed by atoms with van der Waals surface area (Å²) in [4.78, 5) is 30.7. The molecule has 0 radical (unpaired) electrons. The fourth-order valence-corrected chi connectivity index (χ4v) is 3.28. The maximum atomic E-state index is 12.5. The van der Waals surface area contributed by atoms with Gasteiger partial charge in [0.1, 0.15) is 0 Å². The summed E-state index contributed by atoms with van der Waals surface area (Å²) in [5, 5.41) is 0. The topological polar surface area (TPSA) is 53.1 Å². The number of hydrogen-bond acceptors (Lipinski definition) is 4. The molecule has 2 aliphatic heterocycles. The van der Waals surface area contributed by atoms with Gasteiger partial charge in [0.2, 0.25) is 11.8 Å². The van der Waals surface area contributed by atoms with E-state index < -0.39 is 0 Å². The molecule has 2 saturated heterocycles. The van der Waals surface area contributed by atoms with E-state index in [2.05, 4.69) is 4.90 Å². The summed E-state index contributed by atoms with van der Waals surface area (Å²) in [7, 11) is 0. The highest BCUT2D eigenvalue weighted by Crippen LogP contribution is 2.12. The quantitative estimate of drug-likeness (QED) is 0.733. The van der Waals surface area contributed by atoms with Crippen LogP contribution in [0.25, 0.3) is 0 Å². The molecule has 2 heterocycles. The van der Waals surface area contributed by atoms with E-state index in [1.165, 1.54) is 0 Å². The van der Waals surface area contributed by atoms with Crippen LogP contribution in [0.15, 0.2) is 0 Å². The summed E-state index contributed by atoms with van der Waals surface area (Å²) in [5.41, 5.74) is 0. The first-order chi connectivity index (χ1) is 11.6. The van der Waals surface area contributed by atoms with Gasteiger partial charge in [0, 0.05) is 45.7 Å². The Morgan fingerprint density at radius 3 is 2.46 bits per heavy atom. The number of ether oxygens (including phenoxy) is 1. The molecule has 2 aliphatic rings. The third-order valence-electron chi connectivity index (χ3n) is 4.83. The molecule has 138 valence electrons. The molecule has 2 amide bonds. The molecule has 0 saturated carbocycles. The van der Waals surface area contributed by atoms with Crippen LogP contribution in [0.5, 0.6) is 0 Å². The molecule has 0 aliphatic carbocycles. The minimum absolute atomic E-state index is 0.0991. The lowest BCUT2D eigenvalue weighted by atomic mass is 10.1. The van der Waals surface area contributed by atoms with Crippen LogP contribution in [0.3, 0.4) is 0 Å². The summed E-state index contributed by atoms with van der Waals surface area (Å²) in [6.07, 6.45) is 5.13. The molecular weight excluding hydrogens is 306 g/mol. The highest BCUT2D eigenvalue weighted by molar-refractivity contribution is 5.85. The monoisotopic (exact) mass is 339 g/mol. The van der Waals surface area contributed by atoms with Crippen molar-refractivity contribution in [2.24, 2.45) is 0 Å². The number of hydrogen-bond donors (Lipinski definition) is 0. The maximum absolute atomic E-state index is 12.5. The number of rotatable bonds is 6. The van der Waals surface area contributed by atoms with Gasteiger partial charge in [-0.05, 0) is 26.7 Å². The van der Waals surface area contributed by atoms with Crippen LogP contribution in [0.4, 0.5) is 0 Å². The van der Waals surface area contributed by atoms with E-state index in [-0.39, 0.29) is 24.5 Å². The molecule has 0 aromatic carbocycles. The molecule has 0 N–H and O–H groups in total. The second kappa shape index (κ2) is 9.99. The van der Waals surface area contributed by atoms with E-state index in [0.29, 0.717) is 6.42 Å². The highest BCUT2D eigenvalue weighted by atomic mass is 16.5. The Hall–Kier alpha value is -1.14. The maximum Gasteiger partial charge on any atom is 0.242 e. The number of carbonyl (C=O) groups is 2. The Morgan fingerprint density at radius 2 is 1.75 bits per heavy atom. The minimum atomic E-state index is 0.0991. The van der Waals surface area contributed by atoms with Crippen LogP contribution in [-0.4, -0.2) is 85.0 Å². The molecule has 0 atom stereocenters. The lowest BCUT2D eigenvalue weighted by Gasteiger charge is -2.36. The van der Waals surface area contributed by atoms with Gasteiger partial charge in [0.05, 0.1) is 19.3 Å². The summed E-state index contributed by atoms with van der Waals surface area (Å²) >= 11 is 0. The fraction of sp³-hybridized carbons (Fsp3) is 0.889. The Labute approximate surface area is 146 Å². The minimum Gasteiger partial charge on any atom is -0.377 e. The zero-order chi connectivity index (χ0) is 17.4. The van der Waals surface area contributed by atoms with Gasteiger partial charge < -0.3 is 14.5 Å². The average molecular weight is 339 g/mol. The molecule has 24 heavy (non-hydrogen) atoms. The number of piperazine rings is 1. The number of nitrogens with zero attached hydrogens (tertiary/aromatic N) is 3. The van der Waals surface area contributed by atoms with Crippen molar-refractivity contribution in [2.75, 3.05) is 52.4 Å². The van der Waals surface area contributed by atoms with Crippen molar-refractivity contribution < 1.29 is 14.3 Å². The third kappa shape index (κ3) is 6.40. The SMILES string of the molecule is CC(C)OCCN1CCN(C(=O)CN2CCCCCCC2=O)CC1. The van der Waals surface area contributed by atoms with Crippen molar-refractivity contribution in [3.8, 4) is 0 Å². The van der Waals surface area contributed by atoms with Gasteiger partial charge in [0.15, 0.2) is 0 Å². The van der Waals surface area contributed by atoms with E-state index in [1.54, 1.807) is 4.90 Å². The van der Waals surface area contributed by atoms with Gasteiger partial charge in [-0.15, -0.1) is 0 Å². The smallest absolute Gasteiger partial charge is 0.242 e. The normalized spacial score (nSPS) is 21.0. The average Bonchev–Trinajstić information content (AvgIpc) is 2.55. The molecule has 0 aromatic heterocycles. The Kier molecular flexibility index (Phi) is 7.99. The number of amides is 2. The molecule has 2 fully saturated rings. The third-order valence-corrected chi connectivity index (χ3v) is 4.83. The molecule has 0 spiro atoms. The summed E-state index contributed by atoms with van der Waals surface area (Å²) in [6.45, 7) is 10.0.